The van der Waals surface area contributed by atoms with Crippen LogP contribution in [0.2, 0.25) is 0 Å². The molecule has 0 saturated carbocycles. The summed E-state index contributed by atoms with van der Waals surface area (Å²) in [7, 11) is -9.40. The van der Waals surface area contributed by atoms with Crippen molar-refractivity contribution >= 4 is 43.5 Å². The number of rotatable bonds is 4. The summed E-state index contributed by atoms with van der Waals surface area (Å²) in [4.78, 5) is 25.2. The van der Waals surface area contributed by atoms with E-state index in [0.29, 0.717) is 12.1 Å². The third kappa shape index (κ3) is 12.3. The van der Waals surface area contributed by atoms with Gasteiger partial charge in [-0.1, -0.05) is 0 Å². The molecule has 16 nitrogen and oxygen atoms in total. The van der Waals surface area contributed by atoms with Gasteiger partial charge in [0.15, 0.2) is 24.8 Å². The molecule has 18 heteroatoms. The Morgan fingerprint density at radius 3 is 1.17 bits per heavy atom. The average molecular weight is 625 g/mol. The van der Waals surface area contributed by atoms with Gasteiger partial charge in [0.2, 0.25) is 0 Å². The van der Waals surface area contributed by atoms with E-state index >= 15 is 0 Å². The van der Waals surface area contributed by atoms with E-state index in [1.165, 1.54) is 0 Å². The molecule has 224 valence electrons. The lowest BCUT2D eigenvalue weighted by atomic mass is 10.2. The number of anilines is 2. The number of H-pyrrole nitrogens is 2. The summed E-state index contributed by atoms with van der Waals surface area (Å²) in [6.45, 7) is 0. The van der Waals surface area contributed by atoms with E-state index in [2.05, 4.69) is 9.97 Å². The number of aromatic nitrogens is 2. The van der Waals surface area contributed by atoms with Crippen molar-refractivity contribution in [1.29, 1.82) is 0 Å². The third-order valence-corrected chi connectivity index (χ3v) is 6.10. The van der Waals surface area contributed by atoms with Crippen LogP contribution in [-0.4, -0.2) is 58.3 Å². The maximum absolute atomic E-state index is 10.5. The summed E-state index contributed by atoms with van der Waals surface area (Å²) < 4.78 is 62.9. The number of hydrogen-bond acceptors (Lipinski definition) is 12. The highest BCUT2D eigenvalue weighted by molar-refractivity contribution is 7.86. The van der Waals surface area contributed by atoms with Crippen LogP contribution < -0.4 is 21.4 Å². The van der Waals surface area contributed by atoms with E-state index in [1.54, 1.807) is 12.4 Å². The molecule has 0 aliphatic rings. The lowest BCUT2D eigenvalue weighted by Crippen LogP contribution is -2.03. The summed E-state index contributed by atoms with van der Waals surface area (Å²) in [6, 6.07) is 12.0. The van der Waals surface area contributed by atoms with Gasteiger partial charge < -0.3 is 41.0 Å². The number of aromatic hydroxyl groups is 2. The number of benzene rings is 2. The Hall–Kier alpha value is -5.30. The fourth-order valence-electron chi connectivity index (χ4n) is 2.50. The Morgan fingerprint density at radius 1 is 0.643 bits per heavy atom. The van der Waals surface area contributed by atoms with Crippen LogP contribution in [0.15, 0.2) is 95.2 Å². The van der Waals surface area contributed by atoms with Crippen molar-refractivity contribution in [2.24, 2.45) is 0 Å². The minimum atomic E-state index is -4.70. The predicted octanol–water partition coefficient (Wildman–Crippen LogP) is 0.155. The molecule has 0 atom stereocenters. The molecule has 0 unspecified atom stereocenters. The van der Waals surface area contributed by atoms with E-state index in [1.807, 2.05) is 36.7 Å². The number of phenols is 2. The minimum Gasteiger partial charge on any atom is -0.744 e. The zero-order valence-corrected chi connectivity index (χ0v) is 22.7. The molecule has 0 saturated heterocycles. The minimum absolute atomic E-state index is 0.593. The maximum atomic E-state index is 10.5. The Bertz CT molecular complexity index is 1590. The number of nitrogens with two attached hydrogens (primary N) is 2. The van der Waals surface area contributed by atoms with Crippen molar-refractivity contribution in [3.63, 3.8) is 0 Å². The highest BCUT2D eigenvalue weighted by atomic mass is 32.2. The summed E-state index contributed by atoms with van der Waals surface area (Å²) in [5.74, 6) is -4.20. The van der Waals surface area contributed by atoms with Crippen LogP contribution in [0.4, 0.5) is 11.4 Å². The zero-order chi connectivity index (χ0) is 32.1. The Balaban J connectivity index is 0.000000294. The van der Waals surface area contributed by atoms with Gasteiger partial charge in [-0.15, -0.1) is 0 Å². The quantitative estimate of drug-likeness (QED) is 0.165. The van der Waals surface area contributed by atoms with Crippen LogP contribution in [-0.2, 0) is 20.2 Å². The third-order valence-electron chi connectivity index (χ3n) is 4.44. The van der Waals surface area contributed by atoms with Crippen LogP contribution >= 0.6 is 0 Å². The second-order valence-electron chi connectivity index (χ2n) is 7.55. The van der Waals surface area contributed by atoms with Crippen molar-refractivity contribution < 1.29 is 65.9 Å². The Kier molecular flexibility index (Phi) is 12.8. The molecule has 10 N–H and O–H groups in total. The molecule has 0 radical (unpaired) electrons. The summed E-state index contributed by atoms with van der Waals surface area (Å²) in [6.07, 6.45) is 7.10. The van der Waals surface area contributed by atoms with Crippen molar-refractivity contribution in [3.05, 3.63) is 96.6 Å². The molecule has 0 spiro atoms. The van der Waals surface area contributed by atoms with Gasteiger partial charge in [0.25, 0.3) is 0 Å². The summed E-state index contributed by atoms with van der Waals surface area (Å²) >= 11 is 0. The standard InChI is InChI=1S/2C7H6O6S.2C5H6N2/c2*8-6-2-1-4(14(11,12)13)3-5(6)7(9)10;2*6-5-2-1-3-7-4-5/h2*1-3,8H,(H,9,10)(H,11,12,13);2*1-4H,6H2. The fraction of sp³-hybridized carbons (Fsp3) is 0. The van der Waals surface area contributed by atoms with Gasteiger partial charge in [0.1, 0.15) is 42.9 Å². The molecule has 4 aromatic rings. The molecular weight excluding hydrogens is 600 g/mol. The number of hydrogen-bond donors (Lipinski definition) is 6. The Morgan fingerprint density at radius 2 is 0.976 bits per heavy atom. The normalized spacial score (nSPS) is 10.3. The van der Waals surface area contributed by atoms with Gasteiger partial charge in [-0.05, 0) is 48.5 Å². The first-order chi connectivity index (χ1) is 19.4. The monoisotopic (exact) mass is 624 g/mol. The average Bonchev–Trinajstić information content (AvgIpc) is 2.89. The number of carbonyl (C=O) groups is 2. The second-order valence-corrected chi connectivity index (χ2v) is 10.3. The number of carboxylic acids is 2. The largest absolute Gasteiger partial charge is 0.744 e. The number of carboxylic acid groups (broad SMARTS) is 2. The number of aromatic carboxylic acids is 2. The highest BCUT2D eigenvalue weighted by Gasteiger charge is 2.13. The van der Waals surface area contributed by atoms with Crippen LogP contribution in [0, 0.1) is 0 Å². The molecule has 0 fully saturated rings. The topological polar surface area (TPSA) is 310 Å². The summed E-state index contributed by atoms with van der Waals surface area (Å²) in [5.41, 5.74) is 10.9. The molecule has 42 heavy (non-hydrogen) atoms. The van der Waals surface area contributed by atoms with Crippen LogP contribution in [0.5, 0.6) is 11.5 Å². The first kappa shape index (κ1) is 34.7. The van der Waals surface area contributed by atoms with Gasteiger partial charge >= 0.3 is 11.9 Å². The number of aromatic amines is 2. The lowest BCUT2D eigenvalue weighted by molar-refractivity contribution is -0.377. The Labute approximate surface area is 238 Å². The zero-order valence-electron chi connectivity index (χ0n) is 21.1. The highest BCUT2D eigenvalue weighted by Crippen LogP contribution is 2.21. The van der Waals surface area contributed by atoms with Gasteiger partial charge in [0, 0.05) is 12.1 Å². The van der Waals surface area contributed by atoms with Gasteiger partial charge in [0.05, 0.1) is 21.2 Å². The van der Waals surface area contributed by atoms with Gasteiger partial charge in [-0.2, -0.15) is 0 Å². The number of pyridine rings is 2. The second kappa shape index (κ2) is 15.5. The van der Waals surface area contributed by atoms with Crippen LogP contribution in [0.1, 0.15) is 20.7 Å². The number of nitrogen functional groups attached to an aromatic ring is 2. The van der Waals surface area contributed by atoms with Crippen molar-refractivity contribution in [2.75, 3.05) is 11.5 Å². The van der Waals surface area contributed by atoms with E-state index in [0.717, 1.165) is 35.6 Å². The van der Waals surface area contributed by atoms with Crippen molar-refractivity contribution in [1.82, 2.24) is 0 Å². The van der Waals surface area contributed by atoms with Crippen LogP contribution in [0.25, 0.3) is 0 Å². The van der Waals surface area contributed by atoms with E-state index in [9.17, 15) is 35.5 Å². The molecule has 4 rings (SSSR count). The molecule has 2 aromatic heterocycles. The number of nitrogens with one attached hydrogen (secondary N) is 2. The molecule has 0 aliphatic carbocycles. The van der Waals surface area contributed by atoms with Gasteiger partial charge in [-0.25, -0.2) is 36.4 Å². The van der Waals surface area contributed by atoms with Crippen molar-refractivity contribution in [2.45, 2.75) is 9.79 Å². The maximum Gasteiger partial charge on any atom is 0.339 e. The predicted molar refractivity (Wildman–Crippen MR) is 141 cm³/mol. The van der Waals surface area contributed by atoms with E-state index in [4.69, 9.17) is 31.9 Å². The fourth-order valence-corrected chi connectivity index (χ4v) is 3.49. The first-order valence-electron chi connectivity index (χ1n) is 10.9. The van der Waals surface area contributed by atoms with Crippen molar-refractivity contribution in [3.8, 4) is 11.5 Å². The molecular formula is C24H24N4O12S2. The van der Waals surface area contributed by atoms with Crippen LogP contribution in [0.3, 0.4) is 0 Å². The SMILES string of the molecule is Nc1ccc[nH+]c1.Nc1ccc[nH+]c1.O=C(O)c1cc(S(=O)(=O)[O-])ccc1O.O=C(O)c1cc(S(=O)(=O)[O-])ccc1O. The molecule has 0 amide bonds. The van der Waals surface area contributed by atoms with E-state index in [-0.39, 0.29) is 0 Å². The summed E-state index contributed by atoms with van der Waals surface area (Å²) in [5, 5.41) is 35.0. The van der Waals surface area contributed by atoms with Gasteiger partial charge in [-0.3, -0.25) is 0 Å². The molecule has 2 heterocycles. The lowest BCUT2D eigenvalue weighted by Gasteiger charge is -2.08. The molecule has 0 aliphatic heterocycles. The first-order valence-corrected chi connectivity index (χ1v) is 13.7. The smallest absolute Gasteiger partial charge is 0.339 e. The molecule has 2 aromatic carbocycles. The van der Waals surface area contributed by atoms with E-state index < -0.39 is 64.6 Å². The molecule has 0 bridgehead atoms.